The van der Waals surface area contributed by atoms with E-state index in [1.165, 1.54) is 0 Å². The van der Waals surface area contributed by atoms with E-state index in [1.54, 1.807) is 7.11 Å². The smallest absolute Gasteiger partial charge is 0.136 e. The molecule has 0 bridgehead atoms. The van der Waals surface area contributed by atoms with E-state index >= 15 is 0 Å². The summed E-state index contributed by atoms with van der Waals surface area (Å²) in [6.07, 6.45) is 2.00. The summed E-state index contributed by atoms with van der Waals surface area (Å²) in [7, 11) is 1.63. The number of benzene rings is 2. The van der Waals surface area contributed by atoms with Gasteiger partial charge in [-0.1, -0.05) is 48.5 Å². The Hall–Kier alpha value is -2.10. The largest absolute Gasteiger partial charge is 0.497 e. The van der Waals surface area contributed by atoms with Crippen molar-refractivity contribution in [2.75, 3.05) is 20.3 Å². The highest BCUT2D eigenvalue weighted by Crippen LogP contribution is 2.36. The zero-order valence-corrected chi connectivity index (χ0v) is 12.0. The van der Waals surface area contributed by atoms with Gasteiger partial charge in [-0.25, -0.2) is 0 Å². The summed E-state index contributed by atoms with van der Waals surface area (Å²) in [5.74, 6) is 0.773. The fourth-order valence-electron chi connectivity index (χ4n) is 2.57. The fraction of sp³-hybridized carbons (Fsp3) is 0.222. The Morgan fingerprint density at radius 1 is 1.10 bits per heavy atom. The second-order valence-electron chi connectivity index (χ2n) is 5.16. The molecule has 0 amide bonds. The maximum absolute atomic E-state index is 11.0. The molecule has 0 radical (unpaired) electrons. The second-order valence-corrected chi connectivity index (χ2v) is 5.16. The lowest BCUT2D eigenvalue weighted by molar-refractivity contribution is 0.0402. The predicted octanol–water partition coefficient (Wildman–Crippen LogP) is 3.00. The fourth-order valence-corrected chi connectivity index (χ4v) is 2.57. The Morgan fingerprint density at radius 2 is 1.81 bits per heavy atom. The van der Waals surface area contributed by atoms with Crippen LogP contribution >= 0.6 is 0 Å². The quantitative estimate of drug-likeness (QED) is 0.940. The zero-order chi connectivity index (χ0) is 14.7. The molecule has 1 fully saturated rings. The van der Waals surface area contributed by atoms with Crippen molar-refractivity contribution >= 4 is 6.08 Å². The molecule has 3 nitrogen and oxygen atoms in total. The van der Waals surface area contributed by atoms with Crippen LogP contribution in [0, 0.1) is 0 Å². The second kappa shape index (κ2) is 5.72. The highest BCUT2D eigenvalue weighted by molar-refractivity contribution is 5.57. The van der Waals surface area contributed by atoms with E-state index in [0.29, 0.717) is 6.61 Å². The van der Waals surface area contributed by atoms with E-state index in [1.807, 2.05) is 60.7 Å². The highest BCUT2D eigenvalue weighted by atomic mass is 16.5. The number of aliphatic hydroxyl groups is 1. The Kier molecular flexibility index (Phi) is 3.78. The molecule has 1 aliphatic rings. The van der Waals surface area contributed by atoms with Crippen molar-refractivity contribution in [3.05, 3.63) is 71.3 Å². The van der Waals surface area contributed by atoms with Crippen LogP contribution in [0.3, 0.4) is 0 Å². The normalized spacial score (nSPS) is 23.4. The molecule has 21 heavy (non-hydrogen) atoms. The van der Waals surface area contributed by atoms with Gasteiger partial charge in [0.25, 0.3) is 0 Å². The summed E-state index contributed by atoms with van der Waals surface area (Å²) >= 11 is 0. The van der Waals surface area contributed by atoms with E-state index in [0.717, 1.165) is 22.4 Å². The van der Waals surface area contributed by atoms with Crippen LogP contribution < -0.4 is 4.74 Å². The third-order valence-corrected chi connectivity index (χ3v) is 3.81. The van der Waals surface area contributed by atoms with Gasteiger partial charge in [0.05, 0.1) is 20.3 Å². The van der Waals surface area contributed by atoms with Crippen LogP contribution in [0.4, 0.5) is 0 Å². The number of ether oxygens (including phenoxy) is 2. The molecule has 1 aliphatic heterocycles. The standard InChI is InChI=1S/C18H18O3/c1-20-17-9-7-15(8-10-17)18(19)13-21-12-16(18)11-14-5-3-2-4-6-14/h2-11,19H,12-13H2,1H3/b16-11+/t18-/m0/s1. The van der Waals surface area contributed by atoms with Crippen LogP contribution in [-0.2, 0) is 10.3 Å². The van der Waals surface area contributed by atoms with Gasteiger partial charge in [0.2, 0.25) is 0 Å². The van der Waals surface area contributed by atoms with E-state index in [9.17, 15) is 5.11 Å². The molecule has 3 rings (SSSR count). The Balaban J connectivity index is 1.96. The molecular weight excluding hydrogens is 264 g/mol. The number of hydrogen-bond donors (Lipinski definition) is 1. The van der Waals surface area contributed by atoms with Crippen LogP contribution in [0.1, 0.15) is 11.1 Å². The van der Waals surface area contributed by atoms with Crippen molar-refractivity contribution in [3.8, 4) is 5.75 Å². The molecule has 108 valence electrons. The lowest BCUT2D eigenvalue weighted by atomic mass is 9.87. The molecular formula is C18H18O3. The number of rotatable bonds is 3. The summed E-state index contributed by atoms with van der Waals surface area (Å²) in [6, 6.07) is 17.4. The molecule has 1 heterocycles. The average molecular weight is 282 g/mol. The molecule has 1 N–H and O–H groups in total. The molecule has 0 saturated carbocycles. The van der Waals surface area contributed by atoms with Crippen molar-refractivity contribution < 1.29 is 14.6 Å². The van der Waals surface area contributed by atoms with Gasteiger partial charge in [-0.2, -0.15) is 0 Å². The molecule has 1 atom stereocenters. The number of hydrogen-bond acceptors (Lipinski definition) is 3. The van der Waals surface area contributed by atoms with E-state index in [-0.39, 0.29) is 6.61 Å². The van der Waals surface area contributed by atoms with Gasteiger partial charge in [-0.3, -0.25) is 0 Å². The van der Waals surface area contributed by atoms with E-state index < -0.39 is 5.60 Å². The van der Waals surface area contributed by atoms with Gasteiger partial charge in [-0.05, 0) is 28.8 Å². The minimum atomic E-state index is -1.07. The topological polar surface area (TPSA) is 38.7 Å². The molecule has 0 spiro atoms. The van der Waals surface area contributed by atoms with Crippen molar-refractivity contribution in [1.29, 1.82) is 0 Å². The molecule has 0 aliphatic carbocycles. The van der Waals surface area contributed by atoms with Crippen molar-refractivity contribution in [1.82, 2.24) is 0 Å². The summed E-state index contributed by atoms with van der Waals surface area (Å²) in [6.45, 7) is 0.718. The summed E-state index contributed by atoms with van der Waals surface area (Å²) in [5.41, 5.74) is 1.69. The predicted molar refractivity (Wildman–Crippen MR) is 82.1 cm³/mol. The third-order valence-electron chi connectivity index (χ3n) is 3.81. The summed E-state index contributed by atoms with van der Waals surface area (Å²) < 4.78 is 10.7. The van der Waals surface area contributed by atoms with Crippen LogP contribution in [0.5, 0.6) is 5.75 Å². The van der Waals surface area contributed by atoms with Gasteiger partial charge >= 0.3 is 0 Å². The molecule has 3 heteroatoms. The van der Waals surface area contributed by atoms with Crippen molar-refractivity contribution in [2.45, 2.75) is 5.60 Å². The highest BCUT2D eigenvalue weighted by Gasteiger charge is 2.39. The number of methoxy groups -OCH3 is 1. The minimum absolute atomic E-state index is 0.276. The van der Waals surface area contributed by atoms with Gasteiger partial charge in [0, 0.05) is 0 Å². The molecule has 2 aromatic carbocycles. The van der Waals surface area contributed by atoms with Crippen molar-refractivity contribution in [3.63, 3.8) is 0 Å². The van der Waals surface area contributed by atoms with Gasteiger partial charge in [-0.15, -0.1) is 0 Å². The molecule has 2 aromatic rings. The van der Waals surface area contributed by atoms with Crippen LogP contribution in [0.15, 0.2) is 60.2 Å². The Bertz CT molecular complexity index is 631. The third kappa shape index (κ3) is 2.71. The zero-order valence-electron chi connectivity index (χ0n) is 12.0. The summed E-state index contributed by atoms with van der Waals surface area (Å²) in [5, 5.41) is 11.0. The lowest BCUT2D eigenvalue weighted by Gasteiger charge is -2.23. The molecule has 0 unspecified atom stereocenters. The Morgan fingerprint density at radius 3 is 2.48 bits per heavy atom. The lowest BCUT2D eigenvalue weighted by Crippen LogP contribution is -2.27. The first kappa shape index (κ1) is 13.9. The molecule has 0 aromatic heterocycles. The minimum Gasteiger partial charge on any atom is -0.497 e. The summed E-state index contributed by atoms with van der Waals surface area (Å²) in [4.78, 5) is 0. The first-order valence-electron chi connectivity index (χ1n) is 6.93. The first-order valence-corrected chi connectivity index (χ1v) is 6.93. The maximum Gasteiger partial charge on any atom is 0.136 e. The van der Waals surface area contributed by atoms with E-state index in [4.69, 9.17) is 9.47 Å². The van der Waals surface area contributed by atoms with Crippen LogP contribution in [0.2, 0.25) is 0 Å². The SMILES string of the molecule is COc1ccc([C@@]2(O)COC/C2=C\c2ccccc2)cc1. The maximum atomic E-state index is 11.0. The van der Waals surface area contributed by atoms with Gasteiger partial charge in [0.15, 0.2) is 0 Å². The van der Waals surface area contributed by atoms with Crippen molar-refractivity contribution in [2.24, 2.45) is 0 Å². The first-order chi connectivity index (χ1) is 10.2. The average Bonchev–Trinajstić information content (AvgIpc) is 2.91. The van der Waals surface area contributed by atoms with Crippen LogP contribution in [0.25, 0.3) is 6.08 Å². The van der Waals surface area contributed by atoms with Gasteiger partial charge in [0.1, 0.15) is 11.4 Å². The molecule has 1 saturated heterocycles. The monoisotopic (exact) mass is 282 g/mol. The Labute approximate surface area is 124 Å². The van der Waals surface area contributed by atoms with Gasteiger partial charge < -0.3 is 14.6 Å². The van der Waals surface area contributed by atoms with Crippen LogP contribution in [-0.4, -0.2) is 25.4 Å². The van der Waals surface area contributed by atoms with E-state index in [2.05, 4.69) is 0 Å².